The first-order valence-corrected chi connectivity index (χ1v) is 10.6. The number of nitrogens with zero attached hydrogens (tertiary/aromatic N) is 1. The number of carbonyl (C=O) groups is 2. The minimum absolute atomic E-state index is 0.227. The second kappa shape index (κ2) is 11.0. The smallest absolute Gasteiger partial charge is 0.497 e. The zero-order valence-corrected chi connectivity index (χ0v) is 19.1. The first-order valence-electron chi connectivity index (χ1n) is 10.6. The van der Waals surface area contributed by atoms with Gasteiger partial charge >= 0.3 is 12.2 Å². The zero-order chi connectivity index (χ0) is 23.8. The van der Waals surface area contributed by atoms with E-state index in [-0.39, 0.29) is 12.6 Å². The average Bonchev–Trinajstić information content (AvgIpc) is 3.39. The number of rotatable bonds is 8. The van der Waals surface area contributed by atoms with E-state index in [2.05, 4.69) is 21.3 Å². The molecule has 33 heavy (non-hydrogen) atoms. The molecule has 1 amide bonds. The van der Waals surface area contributed by atoms with Crippen LogP contribution in [0.1, 0.15) is 32.1 Å². The quantitative estimate of drug-likeness (QED) is 0.396. The molecular weight excluding hydrogens is 432 g/mol. The lowest BCUT2D eigenvalue weighted by atomic mass is 10.0. The highest BCUT2D eigenvalue weighted by molar-refractivity contribution is 5.67. The highest BCUT2D eigenvalue weighted by Crippen LogP contribution is 2.22. The van der Waals surface area contributed by atoms with E-state index in [1.165, 1.54) is 6.20 Å². The zero-order valence-electron chi connectivity index (χ0n) is 19.1. The van der Waals surface area contributed by atoms with Crippen LogP contribution >= 0.6 is 0 Å². The van der Waals surface area contributed by atoms with Crippen molar-refractivity contribution in [2.75, 3.05) is 13.7 Å². The first-order chi connectivity index (χ1) is 15.7. The van der Waals surface area contributed by atoms with Gasteiger partial charge in [0.25, 0.3) is 0 Å². The van der Waals surface area contributed by atoms with Crippen molar-refractivity contribution in [3.63, 3.8) is 0 Å². The van der Waals surface area contributed by atoms with Crippen LogP contribution in [0.25, 0.3) is 0 Å². The summed E-state index contributed by atoms with van der Waals surface area (Å²) in [6.45, 7) is 5.77. The molecular formula is C22H30N4O7. The lowest BCUT2D eigenvalue weighted by Crippen LogP contribution is -2.46. The molecule has 3 atom stereocenters. The maximum Gasteiger partial charge on any atom is 0.509 e. The summed E-state index contributed by atoms with van der Waals surface area (Å²) in [5.41, 5.74) is 5.44. The van der Waals surface area contributed by atoms with Gasteiger partial charge in [0.05, 0.1) is 25.9 Å². The van der Waals surface area contributed by atoms with E-state index < -0.39 is 30.1 Å². The van der Waals surface area contributed by atoms with Gasteiger partial charge in [0.1, 0.15) is 11.4 Å². The van der Waals surface area contributed by atoms with Gasteiger partial charge in [-0.1, -0.05) is 17.3 Å². The molecule has 0 spiro atoms. The predicted octanol–water partition coefficient (Wildman–Crippen LogP) is 2.32. The number of benzene rings is 1. The highest BCUT2D eigenvalue weighted by atomic mass is 16.7. The molecule has 0 radical (unpaired) electrons. The third-order valence-electron chi connectivity index (χ3n) is 4.78. The molecule has 11 heteroatoms. The molecule has 1 aliphatic rings. The topological polar surface area (TPSA) is 133 Å². The largest absolute Gasteiger partial charge is 0.509 e. The van der Waals surface area contributed by atoms with Crippen molar-refractivity contribution in [1.29, 1.82) is 0 Å². The number of hydrogen-bond acceptors (Lipinski definition) is 10. The monoisotopic (exact) mass is 462 g/mol. The van der Waals surface area contributed by atoms with E-state index in [9.17, 15) is 9.59 Å². The molecule has 1 aliphatic heterocycles. The number of ether oxygens (including phenoxy) is 4. The average molecular weight is 463 g/mol. The van der Waals surface area contributed by atoms with Crippen LogP contribution in [0.5, 0.6) is 5.75 Å². The molecule has 0 unspecified atom stereocenters. The fourth-order valence-corrected chi connectivity index (χ4v) is 3.32. The maximum absolute atomic E-state index is 12.4. The Balaban J connectivity index is 1.62. The third kappa shape index (κ3) is 7.65. The van der Waals surface area contributed by atoms with Gasteiger partial charge < -0.3 is 28.8 Å². The summed E-state index contributed by atoms with van der Waals surface area (Å²) in [5, 5.41) is 6.86. The maximum atomic E-state index is 12.4. The SMILES string of the molecule is COc1ccc(C[C@H]2NC[C@H](OC(=O)OC(C)(C)C)[C@H]2OC(=O)NNCc2ccno2)cc1. The molecule has 1 aromatic carbocycles. The van der Waals surface area contributed by atoms with E-state index in [0.29, 0.717) is 18.7 Å². The summed E-state index contributed by atoms with van der Waals surface area (Å²) in [4.78, 5) is 24.6. The molecule has 11 nitrogen and oxygen atoms in total. The number of aromatic nitrogens is 1. The fourth-order valence-electron chi connectivity index (χ4n) is 3.32. The standard InChI is InChI=1S/C22H30N4O7/c1-22(2,3)32-21(28)30-18-13-23-17(11-14-5-7-15(29-4)8-6-14)19(18)31-20(27)26-24-12-16-9-10-25-33-16/h5-10,17-19,23-24H,11-13H2,1-4H3,(H,26,27)/t17-,18+,19+/m1/s1. The first kappa shape index (κ1) is 24.3. The van der Waals surface area contributed by atoms with Gasteiger partial charge in [-0.05, 0) is 44.9 Å². The lowest BCUT2D eigenvalue weighted by molar-refractivity contribution is -0.0521. The number of hydrazine groups is 1. The molecule has 1 aromatic heterocycles. The van der Waals surface area contributed by atoms with E-state index in [1.54, 1.807) is 33.9 Å². The molecule has 3 rings (SSSR count). The van der Waals surface area contributed by atoms with Crippen LogP contribution in [0.15, 0.2) is 41.1 Å². The van der Waals surface area contributed by atoms with Gasteiger partial charge in [-0.3, -0.25) is 5.43 Å². The Labute approximate surface area is 192 Å². The Morgan fingerprint density at radius 3 is 2.58 bits per heavy atom. The summed E-state index contributed by atoms with van der Waals surface area (Å²) >= 11 is 0. The number of hydrogen-bond donors (Lipinski definition) is 3. The lowest BCUT2D eigenvalue weighted by Gasteiger charge is -2.26. The van der Waals surface area contributed by atoms with Crippen LogP contribution in [0.3, 0.4) is 0 Å². The third-order valence-corrected chi connectivity index (χ3v) is 4.78. The van der Waals surface area contributed by atoms with Crippen molar-refractivity contribution in [1.82, 2.24) is 21.3 Å². The molecule has 1 fully saturated rings. The highest BCUT2D eigenvalue weighted by Gasteiger charge is 2.42. The molecule has 2 aromatic rings. The van der Waals surface area contributed by atoms with Gasteiger partial charge in [0, 0.05) is 12.6 Å². The summed E-state index contributed by atoms with van der Waals surface area (Å²) < 4.78 is 26.5. The van der Waals surface area contributed by atoms with E-state index in [0.717, 1.165) is 11.3 Å². The number of methoxy groups -OCH3 is 1. The summed E-state index contributed by atoms with van der Waals surface area (Å²) in [7, 11) is 1.60. The molecule has 0 saturated carbocycles. The van der Waals surface area contributed by atoms with Gasteiger partial charge in [-0.15, -0.1) is 0 Å². The molecule has 2 heterocycles. The molecule has 180 valence electrons. The van der Waals surface area contributed by atoms with Crippen molar-refractivity contribution >= 4 is 12.2 Å². The fraction of sp³-hybridized carbons (Fsp3) is 0.500. The Kier molecular flexibility index (Phi) is 8.12. The van der Waals surface area contributed by atoms with Crippen LogP contribution in [-0.4, -0.2) is 54.9 Å². The van der Waals surface area contributed by atoms with Gasteiger partial charge in [-0.2, -0.15) is 0 Å². The number of nitrogens with one attached hydrogen (secondary N) is 3. The summed E-state index contributed by atoms with van der Waals surface area (Å²) in [6, 6.07) is 8.95. The normalized spacial score (nSPS) is 20.2. The van der Waals surface area contributed by atoms with Crippen LogP contribution in [0.2, 0.25) is 0 Å². The van der Waals surface area contributed by atoms with Crippen molar-refractivity contribution in [2.24, 2.45) is 0 Å². The minimum Gasteiger partial charge on any atom is -0.497 e. The van der Waals surface area contributed by atoms with Crippen LogP contribution in [0, 0.1) is 0 Å². The Morgan fingerprint density at radius 1 is 1.18 bits per heavy atom. The van der Waals surface area contributed by atoms with Crippen molar-refractivity contribution in [2.45, 2.75) is 57.6 Å². The van der Waals surface area contributed by atoms with Gasteiger partial charge in [0.15, 0.2) is 18.0 Å². The Morgan fingerprint density at radius 2 is 1.94 bits per heavy atom. The van der Waals surface area contributed by atoms with E-state index in [4.69, 9.17) is 23.5 Å². The molecule has 3 N–H and O–H groups in total. The van der Waals surface area contributed by atoms with Crippen molar-refractivity contribution < 1.29 is 33.1 Å². The molecule has 0 aliphatic carbocycles. The van der Waals surface area contributed by atoms with Gasteiger partial charge in [0.2, 0.25) is 0 Å². The summed E-state index contributed by atoms with van der Waals surface area (Å²) in [5.74, 6) is 1.29. The summed E-state index contributed by atoms with van der Waals surface area (Å²) in [6.07, 6.45) is -0.962. The Bertz CT molecular complexity index is 896. The van der Waals surface area contributed by atoms with Crippen molar-refractivity contribution in [3.05, 3.63) is 47.9 Å². The second-order valence-corrected chi connectivity index (χ2v) is 8.51. The number of amides is 1. The van der Waals surface area contributed by atoms with Crippen LogP contribution < -0.4 is 20.9 Å². The van der Waals surface area contributed by atoms with E-state index >= 15 is 0 Å². The Hall–Kier alpha value is -3.31. The minimum atomic E-state index is -0.822. The molecule has 1 saturated heterocycles. The van der Waals surface area contributed by atoms with Crippen LogP contribution in [-0.2, 0) is 27.2 Å². The second-order valence-electron chi connectivity index (χ2n) is 8.51. The van der Waals surface area contributed by atoms with E-state index in [1.807, 2.05) is 24.3 Å². The van der Waals surface area contributed by atoms with Crippen molar-refractivity contribution in [3.8, 4) is 5.75 Å². The van der Waals surface area contributed by atoms with Crippen LogP contribution in [0.4, 0.5) is 9.59 Å². The van der Waals surface area contributed by atoms with Gasteiger partial charge in [-0.25, -0.2) is 15.0 Å². The number of carbonyl (C=O) groups excluding carboxylic acids is 2. The predicted molar refractivity (Wildman–Crippen MR) is 116 cm³/mol. The molecule has 0 bridgehead atoms.